The molecule has 0 unspecified atom stereocenters. The average Bonchev–Trinajstić information content (AvgIpc) is 2.90. The summed E-state index contributed by atoms with van der Waals surface area (Å²) in [6, 6.07) is 33.4. The van der Waals surface area contributed by atoms with E-state index in [0.29, 0.717) is 39.9 Å². The number of fused-ring (bicyclic) bond motifs is 2. The fourth-order valence-corrected chi connectivity index (χ4v) is 4.44. The van der Waals surface area contributed by atoms with Gasteiger partial charge < -0.3 is 8.83 Å². The van der Waals surface area contributed by atoms with E-state index >= 15 is 0 Å². The van der Waals surface area contributed by atoms with Gasteiger partial charge in [0.25, 0.3) is 0 Å². The molecule has 168 valence electrons. The second-order valence-electron chi connectivity index (χ2n) is 8.45. The van der Waals surface area contributed by atoms with Crippen LogP contribution in [0.1, 0.15) is 11.1 Å². The summed E-state index contributed by atoms with van der Waals surface area (Å²) in [5.74, 6) is 1.04. The Balaban J connectivity index is 1.52. The molecule has 4 aromatic carbocycles. The van der Waals surface area contributed by atoms with E-state index in [1.165, 1.54) is 12.1 Å². The molecule has 4 heteroatoms. The van der Waals surface area contributed by atoms with Crippen molar-refractivity contribution in [2.45, 2.75) is 6.42 Å². The van der Waals surface area contributed by atoms with Gasteiger partial charge in [0.2, 0.25) is 0 Å². The Hall–Kier alpha value is -4.70. The van der Waals surface area contributed by atoms with Crippen molar-refractivity contribution in [1.29, 1.82) is 0 Å². The molecule has 0 N–H and O–H groups in total. The van der Waals surface area contributed by atoms with E-state index in [1.54, 1.807) is 12.1 Å². The van der Waals surface area contributed by atoms with Crippen molar-refractivity contribution in [3.63, 3.8) is 0 Å². The van der Waals surface area contributed by atoms with Crippen LogP contribution in [0.2, 0.25) is 0 Å². The monoisotopic (exact) mass is 456 g/mol. The standard InChI is InChI=1S/C31H20O4/c32-26-18-28(20-9-3-1-4-10-20)34-30-22(13-7-15-24(26)30)17-23-14-8-16-25-27(33)19-29(35-31(23)25)21-11-5-2-6-12-21/h1-16,18-19H,17H2. The van der Waals surface area contributed by atoms with E-state index in [0.717, 1.165) is 22.3 Å². The van der Waals surface area contributed by atoms with Crippen LogP contribution < -0.4 is 10.9 Å². The molecule has 0 saturated heterocycles. The third-order valence-corrected chi connectivity index (χ3v) is 6.17. The van der Waals surface area contributed by atoms with E-state index in [4.69, 9.17) is 8.83 Å². The van der Waals surface area contributed by atoms with Crippen LogP contribution in [-0.2, 0) is 6.42 Å². The van der Waals surface area contributed by atoms with Gasteiger partial charge in [-0.05, 0) is 12.1 Å². The van der Waals surface area contributed by atoms with Gasteiger partial charge in [0, 0.05) is 40.8 Å². The lowest BCUT2D eigenvalue weighted by Gasteiger charge is -2.10. The lowest BCUT2D eigenvalue weighted by Crippen LogP contribution is -2.04. The largest absolute Gasteiger partial charge is 0.456 e. The van der Waals surface area contributed by atoms with Gasteiger partial charge in [-0.25, -0.2) is 0 Å². The Bertz CT molecular complexity index is 1660. The molecule has 0 aliphatic carbocycles. The first-order valence-electron chi connectivity index (χ1n) is 11.4. The second kappa shape index (κ2) is 8.58. The van der Waals surface area contributed by atoms with Gasteiger partial charge in [-0.1, -0.05) is 84.9 Å². The van der Waals surface area contributed by atoms with Crippen LogP contribution in [0, 0.1) is 0 Å². The molecule has 0 spiro atoms. The number of benzene rings is 4. The Labute approximate surface area is 200 Å². The lowest BCUT2D eigenvalue weighted by molar-refractivity contribution is 0.610. The minimum absolute atomic E-state index is 0.0947. The Morgan fingerprint density at radius 3 is 1.34 bits per heavy atom. The van der Waals surface area contributed by atoms with Crippen molar-refractivity contribution in [1.82, 2.24) is 0 Å². The summed E-state index contributed by atoms with van der Waals surface area (Å²) in [5, 5.41) is 1.04. The van der Waals surface area contributed by atoms with Gasteiger partial charge in [-0.3, -0.25) is 9.59 Å². The van der Waals surface area contributed by atoms with Crippen molar-refractivity contribution >= 4 is 21.9 Å². The highest BCUT2D eigenvalue weighted by Gasteiger charge is 2.15. The van der Waals surface area contributed by atoms with Crippen LogP contribution in [0.3, 0.4) is 0 Å². The van der Waals surface area contributed by atoms with Crippen LogP contribution in [0.15, 0.2) is 128 Å². The molecule has 0 atom stereocenters. The summed E-state index contributed by atoms with van der Waals surface area (Å²) < 4.78 is 12.5. The maximum atomic E-state index is 12.9. The predicted octanol–water partition coefficient (Wildman–Crippen LogP) is 6.82. The smallest absolute Gasteiger partial charge is 0.193 e. The zero-order valence-electron chi connectivity index (χ0n) is 18.7. The fourth-order valence-electron chi connectivity index (χ4n) is 4.44. The predicted molar refractivity (Wildman–Crippen MR) is 139 cm³/mol. The third kappa shape index (κ3) is 3.85. The maximum absolute atomic E-state index is 12.9. The highest BCUT2D eigenvalue weighted by atomic mass is 16.3. The van der Waals surface area contributed by atoms with E-state index in [2.05, 4.69) is 0 Å². The average molecular weight is 456 g/mol. The van der Waals surface area contributed by atoms with Crippen LogP contribution in [-0.4, -0.2) is 0 Å². The topological polar surface area (TPSA) is 60.4 Å². The molecular formula is C31H20O4. The highest BCUT2D eigenvalue weighted by molar-refractivity contribution is 5.85. The molecule has 6 aromatic rings. The van der Waals surface area contributed by atoms with E-state index in [9.17, 15) is 9.59 Å². The van der Waals surface area contributed by atoms with Crippen LogP contribution in [0.4, 0.5) is 0 Å². The number of para-hydroxylation sites is 2. The maximum Gasteiger partial charge on any atom is 0.193 e. The van der Waals surface area contributed by atoms with Crippen LogP contribution in [0.5, 0.6) is 0 Å². The lowest BCUT2D eigenvalue weighted by atomic mass is 10.00. The normalized spacial score (nSPS) is 11.2. The summed E-state index contributed by atoms with van der Waals surface area (Å²) in [7, 11) is 0. The summed E-state index contributed by atoms with van der Waals surface area (Å²) in [6.45, 7) is 0. The van der Waals surface area contributed by atoms with E-state index in [1.807, 2.05) is 84.9 Å². The zero-order valence-corrected chi connectivity index (χ0v) is 18.7. The molecule has 4 nitrogen and oxygen atoms in total. The van der Waals surface area contributed by atoms with Gasteiger partial charge in [0.05, 0.1) is 10.8 Å². The molecule has 6 rings (SSSR count). The number of hydrogen-bond donors (Lipinski definition) is 0. The molecule has 0 aliphatic heterocycles. The van der Waals surface area contributed by atoms with Gasteiger partial charge >= 0.3 is 0 Å². The van der Waals surface area contributed by atoms with Crippen molar-refractivity contribution in [3.8, 4) is 22.6 Å². The van der Waals surface area contributed by atoms with Gasteiger partial charge in [0.1, 0.15) is 22.7 Å². The minimum atomic E-state index is -0.0947. The SMILES string of the molecule is O=c1cc(-c2ccccc2)oc2c(Cc3cccc4c(=O)cc(-c5ccccc5)oc34)cccc12. The van der Waals surface area contributed by atoms with Crippen molar-refractivity contribution in [2.75, 3.05) is 0 Å². The zero-order chi connectivity index (χ0) is 23.8. The summed E-state index contributed by atoms with van der Waals surface area (Å²) in [4.78, 5) is 25.8. The molecule has 35 heavy (non-hydrogen) atoms. The highest BCUT2D eigenvalue weighted by Crippen LogP contribution is 2.29. The molecule has 0 radical (unpaired) electrons. The first-order valence-corrected chi connectivity index (χ1v) is 11.4. The molecule has 2 heterocycles. The van der Waals surface area contributed by atoms with Crippen LogP contribution in [0.25, 0.3) is 44.6 Å². The summed E-state index contributed by atoms with van der Waals surface area (Å²) >= 11 is 0. The Kier molecular flexibility index (Phi) is 5.12. The van der Waals surface area contributed by atoms with Crippen LogP contribution >= 0.6 is 0 Å². The van der Waals surface area contributed by atoms with E-state index < -0.39 is 0 Å². The minimum Gasteiger partial charge on any atom is -0.456 e. The molecule has 0 bridgehead atoms. The molecule has 0 fully saturated rings. The van der Waals surface area contributed by atoms with Crippen molar-refractivity contribution < 1.29 is 8.83 Å². The first kappa shape index (κ1) is 20.9. The van der Waals surface area contributed by atoms with Gasteiger partial charge in [0.15, 0.2) is 10.9 Å². The van der Waals surface area contributed by atoms with Gasteiger partial charge in [-0.2, -0.15) is 0 Å². The fraction of sp³-hybridized carbons (Fsp3) is 0.0323. The van der Waals surface area contributed by atoms with Gasteiger partial charge in [-0.15, -0.1) is 0 Å². The Morgan fingerprint density at radius 1 is 0.486 bits per heavy atom. The third-order valence-electron chi connectivity index (χ3n) is 6.17. The molecule has 0 amide bonds. The Morgan fingerprint density at radius 2 is 0.914 bits per heavy atom. The van der Waals surface area contributed by atoms with Crippen molar-refractivity contribution in [2.24, 2.45) is 0 Å². The van der Waals surface area contributed by atoms with Crippen molar-refractivity contribution in [3.05, 3.63) is 141 Å². The number of hydrogen-bond acceptors (Lipinski definition) is 4. The molecule has 0 saturated carbocycles. The molecule has 0 aliphatic rings. The summed E-state index contributed by atoms with van der Waals surface area (Å²) in [5.41, 5.74) is 4.26. The quantitative estimate of drug-likeness (QED) is 0.292. The number of rotatable bonds is 4. The second-order valence-corrected chi connectivity index (χ2v) is 8.45. The molecule has 2 aromatic heterocycles. The summed E-state index contributed by atoms with van der Waals surface area (Å²) in [6.07, 6.45) is 0.442. The van der Waals surface area contributed by atoms with E-state index in [-0.39, 0.29) is 10.9 Å². The first-order chi connectivity index (χ1) is 17.2. The molecular weight excluding hydrogens is 436 g/mol.